The standard InChI is InChI=1S/C10H17N7S/c1-3-17(4-2)10-12-6-8(18-10)5-11-7-9-13-15-16-14-9/h6,11H,3-5,7H2,1-2H3,(H,13,14,15,16). The second-order valence-electron chi connectivity index (χ2n) is 3.71. The lowest BCUT2D eigenvalue weighted by molar-refractivity contribution is 0.669. The van der Waals surface area contributed by atoms with Crippen LogP contribution in [-0.2, 0) is 13.1 Å². The normalized spacial score (nSPS) is 10.8. The minimum absolute atomic E-state index is 0.606. The maximum Gasteiger partial charge on any atom is 0.188 e. The van der Waals surface area contributed by atoms with E-state index in [1.165, 1.54) is 4.88 Å². The molecule has 2 heterocycles. The summed E-state index contributed by atoms with van der Waals surface area (Å²) < 4.78 is 0. The largest absolute Gasteiger partial charge is 0.349 e. The van der Waals surface area contributed by atoms with E-state index in [9.17, 15) is 0 Å². The van der Waals surface area contributed by atoms with Crippen LogP contribution >= 0.6 is 11.3 Å². The summed E-state index contributed by atoms with van der Waals surface area (Å²) in [5, 5.41) is 18.0. The average molecular weight is 267 g/mol. The van der Waals surface area contributed by atoms with Gasteiger partial charge < -0.3 is 10.2 Å². The van der Waals surface area contributed by atoms with Crippen molar-refractivity contribution in [2.45, 2.75) is 26.9 Å². The van der Waals surface area contributed by atoms with Gasteiger partial charge >= 0.3 is 0 Å². The number of rotatable bonds is 7. The zero-order chi connectivity index (χ0) is 12.8. The minimum Gasteiger partial charge on any atom is -0.349 e. The number of hydrogen-bond donors (Lipinski definition) is 2. The first kappa shape index (κ1) is 12.9. The van der Waals surface area contributed by atoms with Crippen LogP contribution < -0.4 is 10.2 Å². The first-order chi connectivity index (χ1) is 8.83. The lowest BCUT2D eigenvalue weighted by atomic mass is 10.5. The van der Waals surface area contributed by atoms with Crippen LogP contribution in [0.1, 0.15) is 24.5 Å². The summed E-state index contributed by atoms with van der Waals surface area (Å²) in [5.41, 5.74) is 0. The molecule has 0 spiro atoms. The third-order valence-corrected chi connectivity index (χ3v) is 3.60. The van der Waals surface area contributed by atoms with Crippen LogP contribution in [0.5, 0.6) is 0 Å². The van der Waals surface area contributed by atoms with E-state index in [0.29, 0.717) is 12.4 Å². The number of anilines is 1. The number of nitrogens with zero attached hydrogens (tertiary/aromatic N) is 5. The van der Waals surface area contributed by atoms with Crippen LogP contribution in [0.4, 0.5) is 5.13 Å². The van der Waals surface area contributed by atoms with Gasteiger partial charge in [-0.1, -0.05) is 5.21 Å². The minimum atomic E-state index is 0.606. The molecule has 0 amide bonds. The van der Waals surface area contributed by atoms with Gasteiger partial charge in [0.2, 0.25) is 0 Å². The average Bonchev–Trinajstić information content (AvgIpc) is 3.03. The van der Waals surface area contributed by atoms with Gasteiger partial charge in [-0.15, -0.1) is 21.5 Å². The Morgan fingerprint density at radius 3 is 2.83 bits per heavy atom. The molecule has 0 atom stereocenters. The van der Waals surface area contributed by atoms with Gasteiger partial charge in [-0.05, 0) is 13.8 Å². The van der Waals surface area contributed by atoms with Crippen molar-refractivity contribution in [1.29, 1.82) is 0 Å². The van der Waals surface area contributed by atoms with Crippen molar-refractivity contribution in [1.82, 2.24) is 30.9 Å². The molecule has 0 unspecified atom stereocenters. The van der Waals surface area contributed by atoms with Crippen LogP contribution in [-0.4, -0.2) is 38.7 Å². The van der Waals surface area contributed by atoms with Crippen LogP contribution in [0, 0.1) is 0 Å². The summed E-state index contributed by atoms with van der Waals surface area (Å²) in [6.45, 7) is 7.63. The molecule has 0 aliphatic heterocycles. The third kappa shape index (κ3) is 3.23. The Morgan fingerprint density at radius 1 is 1.33 bits per heavy atom. The van der Waals surface area contributed by atoms with E-state index in [4.69, 9.17) is 0 Å². The van der Waals surface area contributed by atoms with Crippen molar-refractivity contribution < 1.29 is 0 Å². The zero-order valence-electron chi connectivity index (χ0n) is 10.6. The zero-order valence-corrected chi connectivity index (χ0v) is 11.4. The van der Waals surface area contributed by atoms with Gasteiger partial charge in [0, 0.05) is 30.7 Å². The monoisotopic (exact) mass is 267 g/mol. The SMILES string of the molecule is CCN(CC)c1ncc(CNCc2nn[nH]n2)s1. The summed E-state index contributed by atoms with van der Waals surface area (Å²) in [6.07, 6.45) is 1.92. The molecule has 0 bridgehead atoms. The highest BCUT2D eigenvalue weighted by Gasteiger charge is 2.07. The van der Waals surface area contributed by atoms with Crippen molar-refractivity contribution in [3.63, 3.8) is 0 Å². The van der Waals surface area contributed by atoms with Crippen molar-refractivity contribution in [2.75, 3.05) is 18.0 Å². The number of hydrogen-bond acceptors (Lipinski definition) is 7. The summed E-state index contributed by atoms with van der Waals surface area (Å²) in [5.74, 6) is 0.670. The summed E-state index contributed by atoms with van der Waals surface area (Å²) in [7, 11) is 0. The molecule has 8 heteroatoms. The second kappa shape index (κ2) is 6.41. The summed E-state index contributed by atoms with van der Waals surface area (Å²) in [4.78, 5) is 7.88. The fourth-order valence-electron chi connectivity index (χ4n) is 1.57. The first-order valence-electron chi connectivity index (χ1n) is 5.96. The van der Waals surface area contributed by atoms with E-state index in [1.54, 1.807) is 11.3 Å². The molecule has 0 radical (unpaired) electrons. The Morgan fingerprint density at radius 2 is 2.17 bits per heavy atom. The molecule has 0 aliphatic rings. The maximum absolute atomic E-state index is 4.43. The Hall–Kier alpha value is -1.54. The summed E-state index contributed by atoms with van der Waals surface area (Å²) >= 11 is 1.72. The van der Waals surface area contributed by atoms with Crippen LogP contribution in [0.15, 0.2) is 6.20 Å². The lowest BCUT2D eigenvalue weighted by Gasteiger charge is -2.16. The number of aromatic amines is 1. The highest BCUT2D eigenvalue weighted by Crippen LogP contribution is 2.21. The van der Waals surface area contributed by atoms with Gasteiger partial charge in [-0.3, -0.25) is 0 Å². The predicted molar refractivity (Wildman–Crippen MR) is 70.4 cm³/mol. The third-order valence-electron chi connectivity index (χ3n) is 2.55. The molecular formula is C10H17N7S. The summed E-state index contributed by atoms with van der Waals surface area (Å²) in [6, 6.07) is 0. The Labute approximate surface area is 110 Å². The molecule has 2 aromatic rings. The Kier molecular flexibility index (Phi) is 4.59. The number of nitrogens with one attached hydrogen (secondary N) is 2. The topological polar surface area (TPSA) is 82.6 Å². The molecule has 0 aliphatic carbocycles. The molecule has 0 fully saturated rings. The van der Waals surface area contributed by atoms with E-state index >= 15 is 0 Å². The smallest absolute Gasteiger partial charge is 0.188 e. The van der Waals surface area contributed by atoms with Gasteiger partial charge in [0.1, 0.15) is 0 Å². The van der Waals surface area contributed by atoms with Crippen molar-refractivity contribution in [3.05, 3.63) is 16.9 Å². The van der Waals surface area contributed by atoms with Crippen molar-refractivity contribution >= 4 is 16.5 Å². The Balaban J connectivity index is 1.83. The lowest BCUT2D eigenvalue weighted by Crippen LogP contribution is -2.21. The number of tetrazole rings is 1. The fourth-order valence-corrected chi connectivity index (χ4v) is 2.58. The van der Waals surface area contributed by atoms with Gasteiger partial charge in [0.05, 0.1) is 6.54 Å². The molecule has 7 nitrogen and oxygen atoms in total. The Bertz CT molecular complexity index is 449. The highest BCUT2D eigenvalue weighted by atomic mass is 32.1. The molecule has 0 saturated heterocycles. The molecule has 98 valence electrons. The van der Waals surface area contributed by atoms with E-state index in [1.807, 2.05) is 6.20 Å². The maximum atomic E-state index is 4.43. The van der Waals surface area contributed by atoms with Crippen molar-refractivity contribution in [2.24, 2.45) is 0 Å². The first-order valence-corrected chi connectivity index (χ1v) is 6.77. The molecule has 2 aromatic heterocycles. The van der Waals surface area contributed by atoms with Crippen LogP contribution in [0.3, 0.4) is 0 Å². The molecule has 18 heavy (non-hydrogen) atoms. The molecular weight excluding hydrogens is 250 g/mol. The number of thiazole rings is 1. The van der Waals surface area contributed by atoms with Crippen molar-refractivity contribution in [3.8, 4) is 0 Å². The fraction of sp³-hybridized carbons (Fsp3) is 0.600. The molecule has 2 rings (SSSR count). The number of aromatic nitrogens is 5. The quantitative estimate of drug-likeness (QED) is 0.772. The number of H-pyrrole nitrogens is 1. The van der Waals surface area contributed by atoms with E-state index in [2.05, 4.69) is 49.7 Å². The van der Waals surface area contributed by atoms with Gasteiger partial charge in [0.15, 0.2) is 11.0 Å². The van der Waals surface area contributed by atoms with Gasteiger partial charge in [-0.25, -0.2) is 4.98 Å². The van der Waals surface area contributed by atoms with E-state index in [0.717, 1.165) is 24.8 Å². The highest BCUT2D eigenvalue weighted by molar-refractivity contribution is 7.15. The van der Waals surface area contributed by atoms with Crippen LogP contribution in [0.25, 0.3) is 0 Å². The molecule has 2 N–H and O–H groups in total. The van der Waals surface area contributed by atoms with Gasteiger partial charge in [-0.2, -0.15) is 5.21 Å². The van der Waals surface area contributed by atoms with Crippen LogP contribution in [0.2, 0.25) is 0 Å². The van der Waals surface area contributed by atoms with E-state index in [-0.39, 0.29) is 0 Å². The van der Waals surface area contributed by atoms with E-state index < -0.39 is 0 Å². The molecule has 0 saturated carbocycles. The second-order valence-corrected chi connectivity index (χ2v) is 4.81. The predicted octanol–water partition coefficient (Wildman–Crippen LogP) is 0.792. The van der Waals surface area contributed by atoms with Gasteiger partial charge in [0.25, 0.3) is 0 Å². The molecule has 0 aromatic carbocycles.